The van der Waals surface area contributed by atoms with Crippen molar-refractivity contribution in [3.05, 3.63) is 46.8 Å². The Labute approximate surface area is 119 Å². The second-order valence-corrected chi connectivity index (χ2v) is 5.10. The molecule has 0 atom stereocenters. The minimum atomic E-state index is -4.39. The first-order chi connectivity index (χ1) is 10.0. The molecule has 0 fully saturated rings. The van der Waals surface area contributed by atoms with Gasteiger partial charge >= 0.3 is 6.18 Å². The molecule has 0 bridgehead atoms. The summed E-state index contributed by atoms with van der Waals surface area (Å²) >= 11 is 0. The van der Waals surface area contributed by atoms with Gasteiger partial charge in [0.2, 0.25) is 0 Å². The lowest BCUT2D eigenvalue weighted by Crippen LogP contribution is -2.10. The summed E-state index contributed by atoms with van der Waals surface area (Å²) in [6.07, 6.45) is -0.308. The van der Waals surface area contributed by atoms with Crippen LogP contribution in [0.1, 0.15) is 40.2 Å². The molecule has 2 aromatic rings. The molecule has 3 rings (SSSR count). The smallest absolute Gasteiger partial charge is 0.296 e. The number of alkyl halides is 3. The Morgan fingerprint density at radius 3 is 2.67 bits per heavy atom. The number of aromatic nitrogens is 2. The monoisotopic (exact) mass is 294 g/mol. The fourth-order valence-electron chi connectivity index (χ4n) is 2.75. The minimum absolute atomic E-state index is 0.335. The molecule has 0 radical (unpaired) electrons. The van der Waals surface area contributed by atoms with Crippen LogP contribution < -0.4 is 0 Å². The Bertz CT molecular complexity index is 689. The second-order valence-electron chi connectivity index (χ2n) is 5.10. The minimum Gasteiger partial charge on any atom is -0.296 e. The van der Waals surface area contributed by atoms with Crippen LogP contribution in [0.15, 0.2) is 24.3 Å². The number of benzene rings is 1. The molecule has 3 nitrogen and oxygen atoms in total. The van der Waals surface area contributed by atoms with E-state index in [4.69, 9.17) is 0 Å². The highest BCUT2D eigenvalue weighted by Gasteiger charge is 2.31. The molecule has 1 aliphatic rings. The van der Waals surface area contributed by atoms with Gasteiger partial charge in [0.05, 0.1) is 11.3 Å². The third kappa shape index (κ3) is 2.46. The van der Waals surface area contributed by atoms with E-state index >= 15 is 0 Å². The van der Waals surface area contributed by atoms with Crippen molar-refractivity contribution in [2.24, 2.45) is 0 Å². The Morgan fingerprint density at radius 2 is 1.95 bits per heavy atom. The first kappa shape index (κ1) is 13.9. The molecular weight excluding hydrogens is 281 g/mol. The number of hydrogen-bond donors (Lipinski definition) is 0. The van der Waals surface area contributed by atoms with Gasteiger partial charge < -0.3 is 0 Å². The zero-order valence-electron chi connectivity index (χ0n) is 11.2. The standard InChI is InChI=1S/C15H13F3N2O/c16-15(17,18)10-4-3-5-11(8-10)20-14-7-2-1-6-12(14)13(9-21)19-20/h3-5,8-9H,1-2,6-7H2. The SMILES string of the molecule is O=Cc1nn(-c2cccc(C(F)(F)F)c2)c2c1CCCC2. The maximum atomic E-state index is 12.8. The van der Waals surface area contributed by atoms with E-state index in [0.717, 1.165) is 49.1 Å². The summed E-state index contributed by atoms with van der Waals surface area (Å²) < 4.78 is 39.9. The van der Waals surface area contributed by atoms with Crippen molar-refractivity contribution < 1.29 is 18.0 Å². The average molecular weight is 294 g/mol. The molecule has 1 aromatic heterocycles. The van der Waals surface area contributed by atoms with E-state index in [2.05, 4.69) is 5.10 Å². The highest BCUT2D eigenvalue weighted by Crippen LogP contribution is 2.32. The summed E-state index contributed by atoms with van der Waals surface area (Å²) in [5.41, 5.74) is 1.68. The first-order valence-corrected chi connectivity index (χ1v) is 6.74. The fourth-order valence-corrected chi connectivity index (χ4v) is 2.75. The normalized spacial score (nSPS) is 14.8. The van der Waals surface area contributed by atoms with Gasteiger partial charge in [-0.15, -0.1) is 0 Å². The molecule has 0 N–H and O–H groups in total. The van der Waals surface area contributed by atoms with Gasteiger partial charge in [-0.25, -0.2) is 4.68 Å². The number of rotatable bonds is 2. The first-order valence-electron chi connectivity index (χ1n) is 6.74. The number of carbonyl (C=O) groups is 1. The molecule has 1 heterocycles. The number of fused-ring (bicyclic) bond motifs is 1. The lowest BCUT2D eigenvalue weighted by atomic mass is 9.96. The third-order valence-corrected chi connectivity index (χ3v) is 3.74. The molecule has 0 amide bonds. The van der Waals surface area contributed by atoms with E-state index in [1.54, 1.807) is 6.07 Å². The zero-order chi connectivity index (χ0) is 15.0. The van der Waals surface area contributed by atoms with E-state index in [1.807, 2.05) is 0 Å². The predicted octanol–water partition coefficient (Wildman–Crippen LogP) is 3.58. The summed E-state index contributed by atoms with van der Waals surface area (Å²) in [5.74, 6) is 0. The second kappa shape index (κ2) is 5.02. The number of carbonyl (C=O) groups excluding carboxylic acids is 1. The van der Waals surface area contributed by atoms with Crippen molar-refractivity contribution in [1.29, 1.82) is 0 Å². The molecule has 0 unspecified atom stereocenters. The van der Waals surface area contributed by atoms with Gasteiger partial charge in [0.15, 0.2) is 6.29 Å². The molecule has 110 valence electrons. The molecule has 0 aliphatic heterocycles. The van der Waals surface area contributed by atoms with E-state index in [9.17, 15) is 18.0 Å². The van der Waals surface area contributed by atoms with Gasteiger partial charge in [-0.2, -0.15) is 18.3 Å². The van der Waals surface area contributed by atoms with Crippen LogP contribution in [-0.2, 0) is 19.0 Å². The summed E-state index contributed by atoms with van der Waals surface area (Å²) in [7, 11) is 0. The number of aldehydes is 1. The van der Waals surface area contributed by atoms with Gasteiger partial charge in [-0.1, -0.05) is 6.07 Å². The predicted molar refractivity (Wildman–Crippen MR) is 70.6 cm³/mol. The molecule has 0 saturated heterocycles. The van der Waals surface area contributed by atoms with Crippen molar-refractivity contribution in [3.8, 4) is 5.69 Å². The number of hydrogen-bond acceptors (Lipinski definition) is 2. The Hall–Kier alpha value is -2.11. The van der Waals surface area contributed by atoms with Crippen LogP contribution in [-0.4, -0.2) is 16.1 Å². The van der Waals surface area contributed by atoms with Crippen LogP contribution in [0.4, 0.5) is 13.2 Å². The van der Waals surface area contributed by atoms with Gasteiger partial charge in [-0.3, -0.25) is 4.79 Å². The van der Waals surface area contributed by atoms with Crippen LogP contribution in [0.3, 0.4) is 0 Å². The van der Waals surface area contributed by atoms with E-state index in [-0.39, 0.29) is 0 Å². The van der Waals surface area contributed by atoms with Crippen LogP contribution in [0.25, 0.3) is 5.69 Å². The summed E-state index contributed by atoms with van der Waals surface area (Å²) in [4.78, 5) is 11.1. The highest BCUT2D eigenvalue weighted by atomic mass is 19.4. The molecule has 6 heteroatoms. The summed E-state index contributed by atoms with van der Waals surface area (Å²) in [5, 5.41) is 4.18. The zero-order valence-corrected chi connectivity index (χ0v) is 11.2. The van der Waals surface area contributed by atoms with E-state index in [0.29, 0.717) is 17.7 Å². The maximum Gasteiger partial charge on any atom is 0.416 e. The van der Waals surface area contributed by atoms with Crippen LogP contribution in [0.2, 0.25) is 0 Å². The van der Waals surface area contributed by atoms with E-state index < -0.39 is 11.7 Å². The van der Waals surface area contributed by atoms with E-state index in [1.165, 1.54) is 10.7 Å². The third-order valence-electron chi connectivity index (χ3n) is 3.74. The van der Waals surface area contributed by atoms with Crippen molar-refractivity contribution in [3.63, 3.8) is 0 Å². The van der Waals surface area contributed by atoms with Gasteiger partial charge in [0.25, 0.3) is 0 Å². The number of halogens is 3. The molecule has 21 heavy (non-hydrogen) atoms. The Morgan fingerprint density at radius 1 is 1.19 bits per heavy atom. The van der Waals surface area contributed by atoms with Crippen molar-refractivity contribution in [2.75, 3.05) is 0 Å². The summed E-state index contributed by atoms with van der Waals surface area (Å²) in [6, 6.07) is 5.03. The van der Waals surface area contributed by atoms with Crippen molar-refractivity contribution >= 4 is 6.29 Å². The highest BCUT2D eigenvalue weighted by molar-refractivity contribution is 5.75. The van der Waals surface area contributed by atoms with Gasteiger partial charge in [-0.05, 0) is 43.9 Å². The van der Waals surface area contributed by atoms with Crippen molar-refractivity contribution in [1.82, 2.24) is 9.78 Å². The Kier molecular flexibility index (Phi) is 3.31. The molecule has 1 aromatic carbocycles. The van der Waals surface area contributed by atoms with Crippen molar-refractivity contribution in [2.45, 2.75) is 31.9 Å². The Balaban J connectivity index is 2.13. The van der Waals surface area contributed by atoms with Gasteiger partial charge in [0.1, 0.15) is 5.69 Å². The lowest BCUT2D eigenvalue weighted by Gasteiger charge is -2.15. The maximum absolute atomic E-state index is 12.8. The molecule has 0 saturated carbocycles. The largest absolute Gasteiger partial charge is 0.416 e. The number of nitrogens with zero attached hydrogens (tertiary/aromatic N) is 2. The average Bonchev–Trinajstić information content (AvgIpc) is 2.85. The van der Waals surface area contributed by atoms with Crippen LogP contribution in [0.5, 0.6) is 0 Å². The molecule has 0 spiro atoms. The molecule has 1 aliphatic carbocycles. The summed E-state index contributed by atoms with van der Waals surface area (Å²) in [6.45, 7) is 0. The molecular formula is C15H13F3N2O. The quantitative estimate of drug-likeness (QED) is 0.793. The van der Waals surface area contributed by atoms with Crippen LogP contribution >= 0.6 is 0 Å². The lowest BCUT2D eigenvalue weighted by molar-refractivity contribution is -0.137. The van der Waals surface area contributed by atoms with Gasteiger partial charge in [0, 0.05) is 11.3 Å². The topological polar surface area (TPSA) is 34.9 Å². The fraction of sp³-hybridized carbons (Fsp3) is 0.333. The van der Waals surface area contributed by atoms with Crippen LogP contribution in [0, 0.1) is 0 Å².